The number of carbonyl (C=O) groups is 1. The van der Waals surface area contributed by atoms with Crippen LogP contribution in [0.5, 0.6) is 0 Å². The minimum absolute atomic E-state index is 0.123. The van der Waals surface area contributed by atoms with Gasteiger partial charge in [0.05, 0.1) is 8.68 Å². The summed E-state index contributed by atoms with van der Waals surface area (Å²) in [6.45, 7) is 1.72. The van der Waals surface area contributed by atoms with Crippen molar-refractivity contribution >= 4 is 48.9 Å². The van der Waals surface area contributed by atoms with E-state index in [0.29, 0.717) is 17.7 Å². The molecular weight excluding hydrogens is 412 g/mol. The molecule has 0 radical (unpaired) electrons. The molecule has 0 aliphatic rings. The van der Waals surface area contributed by atoms with E-state index >= 15 is 0 Å². The van der Waals surface area contributed by atoms with Crippen molar-refractivity contribution < 1.29 is 13.2 Å². The first-order valence-electron chi connectivity index (χ1n) is 7.40. The highest BCUT2D eigenvalue weighted by molar-refractivity contribution is 9.11. The highest BCUT2D eigenvalue weighted by atomic mass is 79.9. The van der Waals surface area contributed by atoms with Crippen LogP contribution in [0.25, 0.3) is 0 Å². The van der Waals surface area contributed by atoms with E-state index in [-0.39, 0.29) is 10.8 Å². The maximum Gasteiger partial charge on any atom is 0.240 e. The molecule has 0 unspecified atom stereocenters. The molecule has 0 aliphatic heterocycles. The van der Waals surface area contributed by atoms with Crippen molar-refractivity contribution in [2.45, 2.75) is 31.1 Å². The molecule has 2 rings (SSSR count). The van der Waals surface area contributed by atoms with Gasteiger partial charge in [-0.25, -0.2) is 13.1 Å². The topological polar surface area (TPSA) is 75.3 Å². The van der Waals surface area contributed by atoms with Gasteiger partial charge in [0, 0.05) is 17.0 Å². The van der Waals surface area contributed by atoms with Crippen LogP contribution in [0.1, 0.15) is 23.3 Å². The summed E-state index contributed by atoms with van der Waals surface area (Å²) < 4.78 is 27.3. The maximum absolute atomic E-state index is 12.0. The Hall–Kier alpha value is -1.22. The lowest BCUT2D eigenvalue weighted by molar-refractivity contribution is -0.116. The second-order valence-corrected chi connectivity index (χ2v) is 9.70. The number of hydrogen-bond acceptors (Lipinski definition) is 4. The quantitative estimate of drug-likeness (QED) is 0.702. The third kappa shape index (κ3) is 5.14. The predicted molar refractivity (Wildman–Crippen MR) is 101 cm³/mol. The lowest BCUT2D eigenvalue weighted by Gasteiger charge is -2.10. The third-order valence-corrected chi connectivity index (χ3v) is 6.73. The van der Waals surface area contributed by atoms with Gasteiger partial charge >= 0.3 is 0 Å². The first-order chi connectivity index (χ1) is 11.3. The summed E-state index contributed by atoms with van der Waals surface area (Å²) in [4.78, 5) is 13.4. The minimum atomic E-state index is -3.54. The van der Waals surface area contributed by atoms with Crippen molar-refractivity contribution in [2.75, 3.05) is 12.4 Å². The number of carbonyl (C=O) groups excluding carboxylic acids is 1. The van der Waals surface area contributed by atoms with Crippen molar-refractivity contribution in [3.63, 3.8) is 0 Å². The molecule has 1 amide bonds. The molecule has 1 heterocycles. The number of nitrogens with one attached hydrogen (secondary N) is 2. The maximum atomic E-state index is 12.0. The number of benzene rings is 1. The van der Waals surface area contributed by atoms with Gasteiger partial charge in [-0.3, -0.25) is 4.79 Å². The Kier molecular flexibility index (Phi) is 6.56. The number of rotatable bonds is 7. The number of amides is 1. The Balaban J connectivity index is 1.95. The Morgan fingerprint density at radius 3 is 2.62 bits per heavy atom. The number of anilines is 1. The van der Waals surface area contributed by atoms with Gasteiger partial charge in [0.2, 0.25) is 15.9 Å². The number of hydrogen-bond donors (Lipinski definition) is 2. The van der Waals surface area contributed by atoms with E-state index in [1.54, 1.807) is 30.4 Å². The normalized spacial score (nSPS) is 11.5. The zero-order valence-electron chi connectivity index (χ0n) is 13.4. The average Bonchev–Trinajstić information content (AvgIpc) is 2.94. The molecule has 0 fully saturated rings. The fourth-order valence-electron chi connectivity index (χ4n) is 2.21. The molecule has 130 valence electrons. The number of thiophene rings is 1. The minimum Gasteiger partial charge on any atom is -0.326 e. The van der Waals surface area contributed by atoms with Gasteiger partial charge in [-0.15, -0.1) is 11.3 Å². The summed E-state index contributed by atoms with van der Waals surface area (Å²) in [5, 5.41) is 2.76. The first kappa shape index (κ1) is 19.1. The second kappa shape index (κ2) is 8.24. The van der Waals surface area contributed by atoms with Gasteiger partial charge in [0.1, 0.15) is 0 Å². The van der Waals surface area contributed by atoms with Crippen LogP contribution in [-0.2, 0) is 21.2 Å². The molecule has 0 saturated heterocycles. The summed E-state index contributed by atoms with van der Waals surface area (Å²) in [5.41, 5.74) is 1.11. The molecule has 2 aromatic rings. The Bertz CT molecular complexity index is 832. The van der Waals surface area contributed by atoms with Crippen LogP contribution in [0.4, 0.5) is 5.69 Å². The van der Waals surface area contributed by atoms with Gasteiger partial charge in [-0.05, 0) is 72.6 Å². The highest BCUT2D eigenvalue weighted by Gasteiger charge is 2.15. The molecule has 2 N–H and O–H groups in total. The summed E-state index contributed by atoms with van der Waals surface area (Å²) in [7, 11) is -2.18. The lowest BCUT2D eigenvalue weighted by atomic mass is 10.2. The van der Waals surface area contributed by atoms with Crippen LogP contribution >= 0.6 is 27.3 Å². The van der Waals surface area contributed by atoms with Crippen molar-refractivity contribution in [1.29, 1.82) is 0 Å². The fourth-order valence-corrected chi connectivity index (χ4v) is 4.73. The van der Waals surface area contributed by atoms with Crippen molar-refractivity contribution in [3.05, 3.63) is 44.6 Å². The average molecular weight is 431 g/mol. The molecule has 0 aliphatic carbocycles. The highest BCUT2D eigenvalue weighted by Crippen LogP contribution is 2.24. The third-order valence-electron chi connectivity index (χ3n) is 3.49. The summed E-state index contributed by atoms with van der Waals surface area (Å²) in [6.07, 6.45) is 1.97. The van der Waals surface area contributed by atoms with Crippen molar-refractivity contribution in [2.24, 2.45) is 0 Å². The van der Waals surface area contributed by atoms with Crippen LogP contribution in [0.15, 0.2) is 39.0 Å². The second-order valence-electron chi connectivity index (χ2n) is 5.30. The molecule has 1 aromatic heterocycles. The van der Waals surface area contributed by atoms with E-state index in [1.165, 1.54) is 18.0 Å². The summed E-state index contributed by atoms with van der Waals surface area (Å²) in [5.74, 6) is -0.123. The van der Waals surface area contributed by atoms with Crippen LogP contribution < -0.4 is 10.0 Å². The van der Waals surface area contributed by atoms with Crippen LogP contribution in [-0.4, -0.2) is 21.4 Å². The van der Waals surface area contributed by atoms with Crippen LogP contribution in [0, 0.1) is 6.92 Å². The smallest absolute Gasteiger partial charge is 0.240 e. The van der Waals surface area contributed by atoms with Gasteiger partial charge in [-0.2, -0.15) is 0 Å². The van der Waals surface area contributed by atoms with Gasteiger partial charge in [-0.1, -0.05) is 6.07 Å². The molecule has 8 heteroatoms. The van der Waals surface area contributed by atoms with Gasteiger partial charge in [0.25, 0.3) is 0 Å². The summed E-state index contributed by atoms with van der Waals surface area (Å²) in [6, 6.07) is 8.91. The van der Waals surface area contributed by atoms with Crippen LogP contribution in [0.2, 0.25) is 0 Å². The molecule has 0 bridgehead atoms. The van der Waals surface area contributed by atoms with E-state index in [9.17, 15) is 13.2 Å². The fraction of sp³-hybridized carbons (Fsp3) is 0.312. The van der Waals surface area contributed by atoms with E-state index in [4.69, 9.17) is 0 Å². The molecule has 24 heavy (non-hydrogen) atoms. The van der Waals surface area contributed by atoms with E-state index in [2.05, 4.69) is 26.0 Å². The summed E-state index contributed by atoms with van der Waals surface area (Å²) >= 11 is 5.08. The van der Waals surface area contributed by atoms with Crippen molar-refractivity contribution in [3.8, 4) is 0 Å². The van der Waals surface area contributed by atoms with E-state index < -0.39 is 10.0 Å². The first-order valence-corrected chi connectivity index (χ1v) is 10.5. The van der Waals surface area contributed by atoms with E-state index in [1.807, 2.05) is 12.1 Å². The largest absolute Gasteiger partial charge is 0.326 e. The molecule has 0 spiro atoms. The molecule has 5 nitrogen and oxygen atoms in total. The number of aryl methyl sites for hydroxylation is 2. The van der Waals surface area contributed by atoms with Gasteiger partial charge < -0.3 is 5.32 Å². The zero-order valence-corrected chi connectivity index (χ0v) is 16.6. The SMILES string of the molecule is CNS(=O)(=O)c1cc(NC(=O)CCCc2ccc(Br)s2)ccc1C. The Labute approximate surface area is 154 Å². The number of halogens is 1. The standard InChI is InChI=1S/C16H19BrN2O3S2/c1-11-6-7-12(10-14(11)24(21,22)18-2)19-16(20)5-3-4-13-8-9-15(17)23-13/h6-10,18H,3-5H2,1-2H3,(H,19,20). The molecule has 0 saturated carbocycles. The van der Waals surface area contributed by atoms with Crippen molar-refractivity contribution in [1.82, 2.24) is 4.72 Å². The molecular formula is C16H19BrN2O3S2. The monoisotopic (exact) mass is 430 g/mol. The van der Waals surface area contributed by atoms with Gasteiger partial charge in [0.15, 0.2) is 0 Å². The Morgan fingerprint density at radius 1 is 1.25 bits per heavy atom. The zero-order chi connectivity index (χ0) is 17.7. The molecule has 0 atom stereocenters. The number of sulfonamides is 1. The van der Waals surface area contributed by atoms with Crippen LogP contribution in [0.3, 0.4) is 0 Å². The van der Waals surface area contributed by atoms with E-state index in [0.717, 1.165) is 16.6 Å². The Morgan fingerprint density at radius 2 is 2.00 bits per heavy atom. The predicted octanol–water partition coefficient (Wildman–Crippen LogP) is 3.69. The molecule has 1 aromatic carbocycles. The lowest BCUT2D eigenvalue weighted by Crippen LogP contribution is -2.20.